The lowest BCUT2D eigenvalue weighted by Crippen LogP contribution is -2.62. The molecule has 3 heteroatoms. The van der Waals surface area contributed by atoms with Gasteiger partial charge in [0.2, 0.25) is 0 Å². The van der Waals surface area contributed by atoms with Crippen LogP contribution in [0, 0.1) is 20.8 Å². The first-order chi connectivity index (χ1) is 18.0. The molecule has 180 valence electrons. The van der Waals surface area contributed by atoms with Crippen LogP contribution in [0.4, 0.5) is 28.4 Å². The van der Waals surface area contributed by atoms with Crippen LogP contribution in [0.2, 0.25) is 0 Å². The van der Waals surface area contributed by atoms with E-state index in [0.29, 0.717) is 6.04 Å². The van der Waals surface area contributed by atoms with Crippen molar-refractivity contribution >= 4 is 51.5 Å². The summed E-state index contributed by atoms with van der Waals surface area (Å²) in [7, 11) is 0. The van der Waals surface area contributed by atoms with Gasteiger partial charge in [-0.1, -0.05) is 66.3 Å². The van der Waals surface area contributed by atoms with Crippen LogP contribution in [0.1, 0.15) is 30.0 Å². The van der Waals surface area contributed by atoms with Gasteiger partial charge in [0.15, 0.2) is 0 Å². The van der Waals surface area contributed by atoms with E-state index in [1.807, 2.05) is 0 Å². The highest BCUT2D eigenvalue weighted by atomic mass is 15.2. The van der Waals surface area contributed by atoms with Gasteiger partial charge in [-0.15, -0.1) is 0 Å². The van der Waals surface area contributed by atoms with E-state index in [1.54, 1.807) is 0 Å². The lowest BCUT2D eigenvalue weighted by Gasteiger charge is -2.46. The predicted molar refractivity (Wildman–Crippen MR) is 160 cm³/mol. The Morgan fingerprint density at radius 3 is 2.11 bits per heavy atom. The average Bonchev–Trinajstić information content (AvgIpc) is 2.88. The minimum atomic E-state index is 0.207. The number of fused-ring (bicyclic) bond motifs is 4. The van der Waals surface area contributed by atoms with Gasteiger partial charge < -0.3 is 9.80 Å². The van der Waals surface area contributed by atoms with Gasteiger partial charge in [0.25, 0.3) is 6.71 Å². The third-order valence-electron chi connectivity index (χ3n) is 8.18. The van der Waals surface area contributed by atoms with Crippen molar-refractivity contribution in [2.75, 3.05) is 9.80 Å². The van der Waals surface area contributed by atoms with Crippen molar-refractivity contribution in [3.05, 3.63) is 119 Å². The number of aryl methyl sites for hydroxylation is 3. The zero-order chi connectivity index (χ0) is 25.3. The molecular formula is C34H31BN2. The van der Waals surface area contributed by atoms with Crippen LogP contribution in [0.15, 0.2) is 103 Å². The second-order valence-corrected chi connectivity index (χ2v) is 11.0. The molecule has 7 rings (SSSR count). The second-order valence-electron chi connectivity index (χ2n) is 11.0. The van der Waals surface area contributed by atoms with Gasteiger partial charge in [-0.3, -0.25) is 0 Å². The molecule has 1 unspecified atom stereocenters. The normalized spacial score (nSPS) is 17.2. The Bertz CT molecular complexity index is 1630. The fourth-order valence-electron chi connectivity index (χ4n) is 6.57. The molecule has 0 fully saturated rings. The number of hydrogen-bond donors (Lipinski definition) is 0. The van der Waals surface area contributed by atoms with Gasteiger partial charge in [0, 0.05) is 28.4 Å². The summed E-state index contributed by atoms with van der Waals surface area (Å²) >= 11 is 0. The van der Waals surface area contributed by atoms with E-state index >= 15 is 0 Å². The first-order valence-corrected chi connectivity index (χ1v) is 13.3. The Morgan fingerprint density at radius 2 is 1.35 bits per heavy atom. The molecule has 4 aromatic carbocycles. The van der Waals surface area contributed by atoms with Gasteiger partial charge in [-0.05, 0) is 104 Å². The monoisotopic (exact) mass is 478 g/mol. The number of rotatable bonds is 2. The van der Waals surface area contributed by atoms with E-state index < -0.39 is 0 Å². The van der Waals surface area contributed by atoms with Crippen molar-refractivity contribution in [3.8, 4) is 0 Å². The zero-order valence-corrected chi connectivity index (χ0v) is 22.0. The Kier molecular flexibility index (Phi) is 4.98. The molecule has 0 saturated heterocycles. The highest BCUT2D eigenvalue weighted by molar-refractivity contribution is 7.00. The summed E-state index contributed by atoms with van der Waals surface area (Å²) in [5.41, 5.74) is 15.9. The van der Waals surface area contributed by atoms with Crippen molar-refractivity contribution < 1.29 is 0 Å². The minimum absolute atomic E-state index is 0.207. The van der Waals surface area contributed by atoms with Gasteiger partial charge in [0.05, 0.1) is 6.04 Å². The van der Waals surface area contributed by atoms with Gasteiger partial charge >= 0.3 is 0 Å². The molecular weight excluding hydrogens is 447 g/mol. The van der Waals surface area contributed by atoms with Crippen LogP contribution in [0.25, 0.3) is 0 Å². The van der Waals surface area contributed by atoms with E-state index in [0.717, 1.165) is 6.42 Å². The largest absolute Gasteiger partial charge is 0.335 e. The molecule has 2 heterocycles. The average molecular weight is 478 g/mol. The molecule has 0 bridgehead atoms. The number of hydrogen-bond acceptors (Lipinski definition) is 2. The maximum Gasteiger partial charge on any atom is 0.252 e. The van der Waals surface area contributed by atoms with Gasteiger partial charge in [-0.2, -0.15) is 0 Å². The van der Waals surface area contributed by atoms with Crippen molar-refractivity contribution in [3.63, 3.8) is 0 Å². The summed E-state index contributed by atoms with van der Waals surface area (Å²) in [5, 5.41) is 0. The molecule has 1 aliphatic carbocycles. The van der Waals surface area contributed by atoms with E-state index in [-0.39, 0.29) is 6.71 Å². The maximum atomic E-state index is 2.61. The smallest absolute Gasteiger partial charge is 0.252 e. The SMILES string of the molecule is CC1=CC=CC(N2c3cc(C)ccc3B3c4ccc(C)cc4N(c4cccc(C)c4)c4cccc2c43)C1. The third-order valence-corrected chi connectivity index (χ3v) is 8.18. The van der Waals surface area contributed by atoms with Crippen LogP contribution in [-0.4, -0.2) is 12.8 Å². The van der Waals surface area contributed by atoms with Crippen LogP contribution >= 0.6 is 0 Å². The molecule has 2 nitrogen and oxygen atoms in total. The van der Waals surface area contributed by atoms with E-state index in [1.165, 1.54) is 67.1 Å². The summed E-state index contributed by atoms with van der Waals surface area (Å²) in [5.74, 6) is 0. The zero-order valence-electron chi connectivity index (χ0n) is 22.0. The standard InChI is InChI=1S/C34H31BN2/c1-22-8-5-10-26(18-22)36-30-12-7-13-31-34(30)35(28-16-14-24(3)20-32(28)36)29-17-15-25(4)21-33(29)37(31)27-11-6-9-23(2)19-27/h5-18,20-21,27H,19H2,1-4H3. The summed E-state index contributed by atoms with van der Waals surface area (Å²) in [6.45, 7) is 9.05. The van der Waals surface area contributed by atoms with E-state index in [2.05, 4.69) is 135 Å². The van der Waals surface area contributed by atoms with Crippen molar-refractivity contribution in [2.45, 2.75) is 40.2 Å². The molecule has 0 radical (unpaired) electrons. The Balaban J connectivity index is 1.54. The van der Waals surface area contributed by atoms with Crippen molar-refractivity contribution in [2.24, 2.45) is 0 Å². The molecule has 0 aromatic heterocycles. The summed E-state index contributed by atoms with van der Waals surface area (Å²) in [4.78, 5) is 5.10. The fourth-order valence-corrected chi connectivity index (χ4v) is 6.57. The predicted octanol–water partition coefficient (Wildman–Crippen LogP) is 6.64. The van der Waals surface area contributed by atoms with Crippen molar-refractivity contribution in [1.29, 1.82) is 0 Å². The molecule has 2 aliphatic heterocycles. The molecule has 0 saturated carbocycles. The number of benzene rings is 4. The fraction of sp³-hybridized carbons (Fsp3) is 0.176. The summed E-state index contributed by atoms with van der Waals surface area (Å²) in [6, 6.07) is 30.2. The van der Waals surface area contributed by atoms with E-state index in [4.69, 9.17) is 0 Å². The van der Waals surface area contributed by atoms with Gasteiger partial charge in [0.1, 0.15) is 0 Å². The molecule has 37 heavy (non-hydrogen) atoms. The Labute approximate surface area is 220 Å². The van der Waals surface area contributed by atoms with Crippen LogP contribution < -0.4 is 26.2 Å². The molecule has 0 spiro atoms. The van der Waals surface area contributed by atoms with Gasteiger partial charge in [-0.25, -0.2) is 0 Å². The van der Waals surface area contributed by atoms with Crippen LogP contribution in [-0.2, 0) is 0 Å². The summed E-state index contributed by atoms with van der Waals surface area (Å²) in [6.07, 6.45) is 7.89. The second kappa shape index (κ2) is 8.28. The molecule has 0 N–H and O–H groups in total. The topological polar surface area (TPSA) is 6.48 Å². The third kappa shape index (κ3) is 3.41. The lowest BCUT2D eigenvalue weighted by atomic mass is 9.33. The van der Waals surface area contributed by atoms with Crippen LogP contribution in [0.5, 0.6) is 0 Å². The lowest BCUT2D eigenvalue weighted by molar-refractivity contribution is 0.758. The Hall–Kier alpha value is -3.98. The quantitative estimate of drug-likeness (QED) is 0.263. The molecule has 4 aromatic rings. The van der Waals surface area contributed by atoms with Crippen LogP contribution in [0.3, 0.4) is 0 Å². The number of nitrogens with zero attached hydrogens (tertiary/aromatic N) is 2. The molecule has 1 atom stereocenters. The van der Waals surface area contributed by atoms with E-state index in [9.17, 15) is 0 Å². The number of allylic oxidation sites excluding steroid dienone is 2. The van der Waals surface area contributed by atoms with Crippen molar-refractivity contribution in [1.82, 2.24) is 0 Å². The highest BCUT2D eigenvalue weighted by Gasteiger charge is 2.43. The first-order valence-electron chi connectivity index (χ1n) is 13.3. The Morgan fingerprint density at radius 1 is 0.676 bits per heavy atom. The maximum absolute atomic E-state index is 2.61. The molecule has 3 aliphatic rings. The number of anilines is 5. The minimum Gasteiger partial charge on any atom is -0.335 e. The highest BCUT2D eigenvalue weighted by Crippen LogP contribution is 2.43. The molecule has 0 amide bonds. The summed E-state index contributed by atoms with van der Waals surface area (Å²) < 4.78 is 0. The first kappa shape index (κ1) is 22.2.